The number of benzene rings is 2. The van der Waals surface area contributed by atoms with Crippen molar-refractivity contribution in [3.63, 3.8) is 0 Å². The van der Waals surface area contributed by atoms with Gasteiger partial charge in [-0.1, -0.05) is 34.1 Å². The average Bonchev–Trinajstić information content (AvgIpc) is 2.49. The van der Waals surface area contributed by atoms with E-state index in [1.165, 1.54) is 7.11 Å². The van der Waals surface area contributed by atoms with Gasteiger partial charge in [0.25, 0.3) is 0 Å². The van der Waals surface area contributed by atoms with E-state index in [2.05, 4.69) is 15.9 Å². The minimum atomic E-state index is -0.335. The number of carbonyl (C=O) groups excluding carboxylic acids is 1. The summed E-state index contributed by atoms with van der Waals surface area (Å²) >= 11 is 5.18. The van der Waals surface area contributed by atoms with Gasteiger partial charge in [0.2, 0.25) is 0 Å². The summed E-state index contributed by atoms with van der Waals surface area (Å²) in [7, 11) is 1.38. The van der Waals surface area contributed by atoms with Crippen LogP contribution >= 0.6 is 27.7 Å². The second kappa shape index (κ2) is 7.00. The molecule has 0 bridgehead atoms. The lowest BCUT2D eigenvalue weighted by Crippen LogP contribution is -2.01. The molecule has 2 N–H and O–H groups in total. The number of ether oxygens (including phenoxy) is 1. The van der Waals surface area contributed by atoms with Gasteiger partial charge in [0.05, 0.1) is 12.7 Å². The molecule has 0 radical (unpaired) electrons. The highest BCUT2D eigenvalue weighted by atomic mass is 79.9. The Hall–Kier alpha value is -1.46. The number of esters is 1. The summed E-state index contributed by atoms with van der Waals surface area (Å²) in [5, 5.41) is 0. The van der Waals surface area contributed by atoms with Crippen molar-refractivity contribution in [2.45, 2.75) is 17.6 Å². The van der Waals surface area contributed by atoms with Gasteiger partial charge in [0.15, 0.2) is 0 Å². The number of carbonyl (C=O) groups is 1. The molecule has 0 aliphatic heterocycles. The first kappa shape index (κ1) is 15.9. The van der Waals surface area contributed by atoms with Crippen LogP contribution < -0.4 is 5.73 Å². The predicted octanol–water partition coefficient (Wildman–Crippen LogP) is 4.42. The molecule has 0 atom stereocenters. The Morgan fingerprint density at radius 2 is 2.10 bits per heavy atom. The van der Waals surface area contributed by atoms with Crippen LogP contribution in [-0.2, 0) is 10.5 Å². The highest BCUT2D eigenvalue weighted by Gasteiger charge is 2.09. The van der Waals surface area contributed by atoms with Gasteiger partial charge in [-0.2, -0.15) is 0 Å². The zero-order valence-electron chi connectivity index (χ0n) is 11.9. The monoisotopic (exact) mass is 365 g/mol. The van der Waals surface area contributed by atoms with Crippen molar-refractivity contribution < 1.29 is 9.53 Å². The number of halogens is 1. The highest BCUT2D eigenvalue weighted by Crippen LogP contribution is 2.32. The summed E-state index contributed by atoms with van der Waals surface area (Å²) in [6.07, 6.45) is 0. The molecular formula is C16H16BrNO2S. The van der Waals surface area contributed by atoms with Gasteiger partial charge in [-0.3, -0.25) is 0 Å². The van der Waals surface area contributed by atoms with E-state index in [0.717, 1.165) is 31.9 Å². The summed E-state index contributed by atoms with van der Waals surface area (Å²) in [5.74, 6) is 0.438. The molecule has 0 unspecified atom stereocenters. The molecule has 0 aliphatic carbocycles. The van der Waals surface area contributed by atoms with Gasteiger partial charge < -0.3 is 10.5 Å². The molecule has 0 fully saturated rings. The Morgan fingerprint density at radius 1 is 1.33 bits per heavy atom. The number of methoxy groups -OCH3 is 1. The van der Waals surface area contributed by atoms with E-state index in [4.69, 9.17) is 10.5 Å². The summed E-state index contributed by atoms with van der Waals surface area (Å²) in [6, 6.07) is 11.5. The van der Waals surface area contributed by atoms with Crippen molar-refractivity contribution in [3.8, 4) is 0 Å². The van der Waals surface area contributed by atoms with Crippen LogP contribution in [0, 0.1) is 6.92 Å². The second-order valence-electron chi connectivity index (χ2n) is 4.57. The van der Waals surface area contributed by atoms with E-state index in [0.29, 0.717) is 5.56 Å². The lowest BCUT2D eigenvalue weighted by atomic mass is 10.1. The zero-order chi connectivity index (χ0) is 15.4. The van der Waals surface area contributed by atoms with Crippen molar-refractivity contribution in [2.75, 3.05) is 12.8 Å². The molecular weight excluding hydrogens is 350 g/mol. The Balaban J connectivity index is 2.13. The Morgan fingerprint density at radius 3 is 2.76 bits per heavy atom. The molecule has 0 spiro atoms. The van der Waals surface area contributed by atoms with Crippen LogP contribution in [0.3, 0.4) is 0 Å². The van der Waals surface area contributed by atoms with E-state index in [-0.39, 0.29) is 5.97 Å². The third kappa shape index (κ3) is 3.80. The van der Waals surface area contributed by atoms with E-state index in [1.54, 1.807) is 23.9 Å². The number of thioether (sulfide) groups is 1. The Kier molecular flexibility index (Phi) is 5.31. The minimum absolute atomic E-state index is 0.335. The van der Waals surface area contributed by atoms with Gasteiger partial charge in [0.1, 0.15) is 0 Å². The third-order valence-electron chi connectivity index (χ3n) is 3.14. The number of hydrogen-bond donors (Lipinski definition) is 1. The van der Waals surface area contributed by atoms with E-state index in [1.807, 2.05) is 31.2 Å². The summed E-state index contributed by atoms with van der Waals surface area (Å²) < 4.78 is 5.60. The molecule has 3 nitrogen and oxygen atoms in total. The Bertz CT molecular complexity index is 673. The molecule has 0 heterocycles. The quantitative estimate of drug-likeness (QED) is 0.495. The van der Waals surface area contributed by atoms with Crippen molar-refractivity contribution in [3.05, 3.63) is 57.6 Å². The van der Waals surface area contributed by atoms with Gasteiger partial charge in [-0.15, -0.1) is 11.8 Å². The largest absolute Gasteiger partial charge is 0.465 e. The molecule has 2 rings (SSSR count). The summed E-state index contributed by atoms with van der Waals surface area (Å²) in [5.41, 5.74) is 9.62. The number of nitrogen functional groups attached to an aromatic ring is 1. The molecule has 0 amide bonds. The van der Waals surface area contributed by atoms with E-state index < -0.39 is 0 Å². The van der Waals surface area contributed by atoms with Crippen LogP contribution in [0.1, 0.15) is 21.5 Å². The van der Waals surface area contributed by atoms with Crippen LogP contribution in [0.4, 0.5) is 5.69 Å². The number of hydrogen-bond acceptors (Lipinski definition) is 4. The lowest BCUT2D eigenvalue weighted by Gasteiger charge is -2.09. The molecule has 2 aromatic carbocycles. The second-order valence-corrected chi connectivity index (χ2v) is 6.44. The topological polar surface area (TPSA) is 52.3 Å². The van der Waals surface area contributed by atoms with Crippen LogP contribution in [0.25, 0.3) is 0 Å². The van der Waals surface area contributed by atoms with Crippen molar-refractivity contribution >= 4 is 39.3 Å². The Labute approximate surface area is 137 Å². The SMILES string of the molecule is COC(=O)c1ccc(CSc2cccc(C)c2N)c(Br)c1. The lowest BCUT2D eigenvalue weighted by molar-refractivity contribution is 0.0600. The highest BCUT2D eigenvalue weighted by molar-refractivity contribution is 9.10. The standard InChI is InChI=1S/C16H16BrNO2S/c1-10-4-3-5-14(15(10)18)21-9-12-7-6-11(8-13(12)17)16(19)20-2/h3-8H,9,18H2,1-2H3. The fourth-order valence-corrected chi connectivity index (χ4v) is 3.60. The van der Waals surface area contributed by atoms with Crippen molar-refractivity contribution in [2.24, 2.45) is 0 Å². The fraction of sp³-hybridized carbons (Fsp3) is 0.188. The van der Waals surface area contributed by atoms with Gasteiger partial charge in [-0.25, -0.2) is 4.79 Å². The minimum Gasteiger partial charge on any atom is -0.465 e. The maximum absolute atomic E-state index is 11.5. The molecule has 0 aromatic heterocycles. The maximum atomic E-state index is 11.5. The van der Waals surface area contributed by atoms with Gasteiger partial charge in [0, 0.05) is 20.8 Å². The maximum Gasteiger partial charge on any atom is 0.337 e. The van der Waals surface area contributed by atoms with Crippen LogP contribution in [0.2, 0.25) is 0 Å². The predicted molar refractivity (Wildman–Crippen MR) is 90.6 cm³/mol. The first-order valence-corrected chi connectivity index (χ1v) is 8.15. The van der Waals surface area contributed by atoms with Crippen LogP contribution in [0.5, 0.6) is 0 Å². The molecule has 0 saturated heterocycles. The first-order valence-electron chi connectivity index (χ1n) is 6.37. The summed E-state index contributed by atoms with van der Waals surface area (Å²) in [6.45, 7) is 2.00. The van der Waals surface area contributed by atoms with E-state index in [9.17, 15) is 4.79 Å². The van der Waals surface area contributed by atoms with Gasteiger partial charge in [-0.05, 0) is 36.2 Å². The number of rotatable bonds is 4. The summed E-state index contributed by atoms with van der Waals surface area (Å²) in [4.78, 5) is 12.5. The zero-order valence-corrected chi connectivity index (χ0v) is 14.3. The van der Waals surface area contributed by atoms with Gasteiger partial charge >= 0.3 is 5.97 Å². The first-order chi connectivity index (χ1) is 10.0. The average molecular weight is 366 g/mol. The molecule has 5 heteroatoms. The molecule has 2 aromatic rings. The third-order valence-corrected chi connectivity index (χ3v) is 5.00. The van der Waals surface area contributed by atoms with Crippen LogP contribution in [-0.4, -0.2) is 13.1 Å². The fourth-order valence-electron chi connectivity index (χ4n) is 1.84. The van der Waals surface area contributed by atoms with E-state index >= 15 is 0 Å². The van der Waals surface area contributed by atoms with Crippen LogP contribution in [0.15, 0.2) is 45.8 Å². The molecule has 0 aliphatic rings. The number of aryl methyl sites for hydroxylation is 1. The normalized spacial score (nSPS) is 10.4. The number of para-hydroxylation sites is 1. The number of nitrogens with two attached hydrogens (primary N) is 1. The smallest absolute Gasteiger partial charge is 0.337 e. The van der Waals surface area contributed by atoms with Crippen molar-refractivity contribution in [1.29, 1.82) is 0 Å². The molecule has 21 heavy (non-hydrogen) atoms. The van der Waals surface area contributed by atoms with Crippen molar-refractivity contribution in [1.82, 2.24) is 0 Å². The number of anilines is 1. The molecule has 110 valence electrons. The molecule has 0 saturated carbocycles.